The predicted molar refractivity (Wildman–Crippen MR) is 374 cm³/mol. The molecule has 0 amide bonds. The lowest BCUT2D eigenvalue weighted by Gasteiger charge is -2.31. The lowest BCUT2D eigenvalue weighted by atomic mass is 9.74. The van der Waals surface area contributed by atoms with Gasteiger partial charge in [-0.2, -0.15) is 0 Å². The van der Waals surface area contributed by atoms with Gasteiger partial charge < -0.3 is 18.6 Å². The fourth-order valence-electron chi connectivity index (χ4n) is 15.3. The second kappa shape index (κ2) is 20.0. The molecule has 424 valence electrons. The van der Waals surface area contributed by atoms with Crippen molar-refractivity contribution in [3.8, 4) is 44.5 Å². The minimum Gasteiger partial charge on any atom is -0.455 e. The molecule has 90 heavy (non-hydrogen) atoms. The number of nitrogens with zero attached hydrogens (tertiary/aromatic N) is 2. The average molecular weight is 1150 g/mol. The van der Waals surface area contributed by atoms with E-state index in [1.165, 1.54) is 77.9 Å². The van der Waals surface area contributed by atoms with Crippen LogP contribution in [0.4, 0.5) is 34.1 Å². The number of furan rings is 2. The van der Waals surface area contributed by atoms with E-state index in [1.54, 1.807) is 0 Å². The van der Waals surface area contributed by atoms with Gasteiger partial charge in [0.1, 0.15) is 22.3 Å². The minimum atomic E-state index is -0.359. The Morgan fingerprint density at radius 1 is 0.233 bits per heavy atom. The quantitative estimate of drug-likeness (QED) is 0.137. The summed E-state index contributed by atoms with van der Waals surface area (Å²) >= 11 is 0. The summed E-state index contributed by atoms with van der Waals surface area (Å²) in [7, 11) is 0. The highest BCUT2D eigenvalue weighted by Crippen LogP contribution is 2.55. The van der Waals surface area contributed by atoms with Crippen molar-refractivity contribution >= 4 is 88.8 Å². The third-order valence-corrected chi connectivity index (χ3v) is 19.8. The molecule has 0 atom stereocenters. The van der Waals surface area contributed by atoms with Crippen molar-refractivity contribution < 1.29 is 8.83 Å². The van der Waals surface area contributed by atoms with Crippen LogP contribution in [0, 0.1) is 0 Å². The standard InChI is InChI=1S/C86H58N2O2/c1-85(77-31-13-9-27-67(77)68-28-10-14-32-78(68)85)59-23-17-25-63(51-59)87(61-39-35-57(36-40-61)55-19-5-3-6-20-55)65-43-45-71-73-47-49-76-75(83(73)89-81(71)53-65)50-48-74-72-46-44-66(54-82(72)90-84(74)76)88(62-41-37-58(38-42-62)56-21-7-4-8-22-56)64-26-18-24-60(52-64)86(2)79-33-15-11-29-69(79)70-30-12-16-34-80(70)86/h3-54H,1-2H3. The summed E-state index contributed by atoms with van der Waals surface area (Å²) in [5, 5.41) is 6.24. The van der Waals surface area contributed by atoms with Crippen molar-refractivity contribution in [3.63, 3.8) is 0 Å². The zero-order chi connectivity index (χ0) is 59.7. The molecule has 0 radical (unpaired) electrons. The smallest absolute Gasteiger partial charge is 0.143 e. The summed E-state index contributed by atoms with van der Waals surface area (Å²) in [6.07, 6.45) is 0. The van der Waals surface area contributed by atoms with Gasteiger partial charge in [-0.25, -0.2) is 0 Å². The van der Waals surface area contributed by atoms with E-state index in [-0.39, 0.29) is 10.8 Å². The first kappa shape index (κ1) is 51.7. The molecule has 2 aromatic heterocycles. The molecule has 14 aromatic carbocycles. The lowest BCUT2D eigenvalue weighted by Crippen LogP contribution is -2.23. The first-order chi connectivity index (χ1) is 44.4. The van der Waals surface area contributed by atoms with Crippen LogP contribution in [-0.4, -0.2) is 0 Å². The summed E-state index contributed by atoms with van der Waals surface area (Å²) < 4.78 is 14.3. The number of rotatable bonds is 10. The Morgan fingerprint density at radius 2 is 0.522 bits per heavy atom. The van der Waals surface area contributed by atoms with Crippen molar-refractivity contribution in [2.45, 2.75) is 24.7 Å². The lowest BCUT2D eigenvalue weighted by molar-refractivity contribution is 0.669. The molecule has 4 nitrogen and oxygen atoms in total. The maximum atomic E-state index is 7.13. The van der Waals surface area contributed by atoms with Crippen molar-refractivity contribution in [1.82, 2.24) is 0 Å². The van der Waals surface area contributed by atoms with Crippen LogP contribution in [0.3, 0.4) is 0 Å². The van der Waals surface area contributed by atoms with Crippen LogP contribution in [0.15, 0.2) is 324 Å². The highest BCUT2D eigenvalue weighted by atomic mass is 16.3. The van der Waals surface area contributed by atoms with Crippen LogP contribution < -0.4 is 9.80 Å². The SMILES string of the molecule is CC1(c2cccc(N(c3ccc(-c4ccccc4)cc3)c3ccc4c(c3)oc3c4ccc4c3ccc3c5ccc(N(c6ccc(-c7ccccc7)cc6)c6cccc(C7(C)c8ccccc8-c8ccccc87)c6)cc5oc34)c2)c2ccccc2-c2ccccc21. The van der Waals surface area contributed by atoms with Crippen LogP contribution >= 0.6 is 0 Å². The predicted octanol–water partition coefficient (Wildman–Crippen LogP) is 23.6. The first-order valence-corrected chi connectivity index (χ1v) is 31.1. The minimum absolute atomic E-state index is 0.359. The highest BCUT2D eigenvalue weighted by molar-refractivity contribution is 6.23. The van der Waals surface area contributed by atoms with E-state index in [2.05, 4.69) is 339 Å². The van der Waals surface area contributed by atoms with Crippen LogP contribution in [0.5, 0.6) is 0 Å². The Bertz CT molecular complexity index is 5090. The zero-order valence-corrected chi connectivity index (χ0v) is 49.7. The molecule has 2 aliphatic rings. The van der Waals surface area contributed by atoms with Gasteiger partial charge >= 0.3 is 0 Å². The third kappa shape index (κ3) is 7.81. The van der Waals surface area contributed by atoms with Crippen LogP contribution in [0.2, 0.25) is 0 Å². The first-order valence-electron chi connectivity index (χ1n) is 31.1. The molecule has 0 spiro atoms. The van der Waals surface area contributed by atoms with E-state index in [0.717, 1.165) is 88.8 Å². The van der Waals surface area contributed by atoms with E-state index in [4.69, 9.17) is 8.83 Å². The average Bonchev–Trinajstić information content (AvgIpc) is 1.67. The summed E-state index contributed by atoms with van der Waals surface area (Å²) in [4.78, 5) is 4.74. The fraction of sp³-hybridized carbons (Fsp3) is 0.0465. The van der Waals surface area contributed by atoms with Gasteiger partial charge in [0, 0.05) is 89.4 Å². The molecular formula is C86H58N2O2. The molecule has 0 N–H and O–H groups in total. The molecule has 4 heteroatoms. The molecule has 2 aliphatic carbocycles. The summed E-state index contributed by atoms with van der Waals surface area (Å²) in [6, 6.07) is 115. The second-order valence-corrected chi connectivity index (χ2v) is 24.6. The Labute approximate surface area is 522 Å². The Kier molecular flexibility index (Phi) is 11.5. The van der Waals surface area contributed by atoms with Gasteiger partial charge in [0.05, 0.1) is 0 Å². The molecule has 0 aliphatic heterocycles. The maximum absolute atomic E-state index is 7.13. The molecule has 0 saturated carbocycles. The van der Waals surface area contributed by atoms with Crippen LogP contribution in [0.25, 0.3) is 99.2 Å². The van der Waals surface area contributed by atoms with Gasteiger partial charge in [0.25, 0.3) is 0 Å². The van der Waals surface area contributed by atoms with Crippen LogP contribution in [-0.2, 0) is 10.8 Å². The second-order valence-electron chi connectivity index (χ2n) is 24.6. The molecule has 2 heterocycles. The molecule has 0 fully saturated rings. The van der Waals surface area contributed by atoms with Crippen molar-refractivity contribution in [3.05, 3.63) is 349 Å². The van der Waals surface area contributed by atoms with Gasteiger partial charge in [-0.1, -0.05) is 206 Å². The van der Waals surface area contributed by atoms with Gasteiger partial charge in [-0.3, -0.25) is 0 Å². The number of benzene rings is 14. The molecule has 0 saturated heterocycles. The number of hydrogen-bond donors (Lipinski definition) is 0. The van der Waals surface area contributed by atoms with Crippen molar-refractivity contribution in [1.29, 1.82) is 0 Å². The van der Waals surface area contributed by atoms with Gasteiger partial charge in [0.2, 0.25) is 0 Å². The van der Waals surface area contributed by atoms with E-state index in [0.29, 0.717) is 0 Å². The van der Waals surface area contributed by atoms with Gasteiger partial charge in [0.15, 0.2) is 0 Å². The molecular weight excluding hydrogens is 1090 g/mol. The Hall–Kier alpha value is -11.5. The summed E-state index contributed by atoms with van der Waals surface area (Å²) in [5.41, 5.74) is 26.4. The molecule has 0 unspecified atom stereocenters. The number of anilines is 6. The highest BCUT2D eigenvalue weighted by Gasteiger charge is 2.42. The summed E-state index contributed by atoms with van der Waals surface area (Å²) in [5.74, 6) is 0. The third-order valence-electron chi connectivity index (χ3n) is 19.8. The van der Waals surface area contributed by atoms with Crippen molar-refractivity contribution in [2.75, 3.05) is 9.80 Å². The topological polar surface area (TPSA) is 32.8 Å². The van der Waals surface area contributed by atoms with E-state index >= 15 is 0 Å². The van der Waals surface area contributed by atoms with E-state index < -0.39 is 0 Å². The van der Waals surface area contributed by atoms with Crippen molar-refractivity contribution in [2.24, 2.45) is 0 Å². The van der Waals surface area contributed by atoms with E-state index in [9.17, 15) is 0 Å². The zero-order valence-electron chi connectivity index (χ0n) is 49.7. The monoisotopic (exact) mass is 1150 g/mol. The van der Waals surface area contributed by atoms with Gasteiger partial charge in [-0.15, -0.1) is 0 Å². The van der Waals surface area contributed by atoms with E-state index in [1.807, 2.05) is 0 Å². The largest absolute Gasteiger partial charge is 0.455 e. The molecule has 16 aromatic rings. The fourth-order valence-corrected chi connectivity index (χ4v) is 15.3. The molecule has 18 rings (SSSR count). The number of hydrogen-bond acceptors (Lipinski definition) is 4. The Morgan fingerprint density at radius 3 is 0.889 bits per heavy atom. The van der Waals surface area contributed by atoms with Crippen LogP contribution in [0.1, 0.15) is 47.2 Å². The maximum Gasteiger partial charge on any atom is 0.143 e. The Balaban J connectivity index is 0.747. The number of fused-ring (bicyclic) bond motifs is 15. The van der Waals surface area contributed by atoms with Gasteiger partial charge in [-0.05, 0) is 189 Å². The summed E-state index contributed by atoms with van der Waals surface area (Å²) in [6.45, 7) is 4.77. The molecule has 0 bridgehead atoms. The normalized spacial score (nSPS) is 13.4.